The van der Waals surface area contributed by atoms with Gasteiger partial charge in [0.1, 0.15) is 27.1 Å². The number of aromatic nitrogens is 10. The van der Waals surface area contributed by atoms with Crippen molar-refractivity contribution < 1.29 is 14.3 Å². The van der Waals surface area contributed by atoms with Crippen molar-refractivity contribution in [2.24, 2.45) is 0 Å². The monoisotopic (exact) mass is 876 g/mol. The van der Waals surface area contributed by atoms with Gasteiger partial charge in [-0.05, 0) is 106 Å². The topological polar surface area (TPSA) is 187 Å². The summed E-state index contributed by atoms with van der Waals surface area (Å²) in [4.78, 5) is 36.8. The highest BCUT2D eigenvalue weighted by atomic mass is 32.1. The van der Waals surface area contributed by atoms with Gasteiger partial charge < -0.3 is 20.5 Å². The molecule has 326 valence electrons. The van der Waals surface area contributed by atoms with Gasteiger partial charge in [-0.3, -0.25) is 14.2 Å². The van der Waals surface area contributed by atoms with E-state index in [-0.39, 0.29) is 19.5 Å². The molecule has 17 heteroatoms. The van der Waals surface area contributed by atoms with Crippen molar-refractivity contribution in [3.63, 3.8) is 0 Å². The minimum atomic E-state index is 0. The average Bonchev–Trinajstić information content (AvgIpc) is 4.04. The zero-order valence-electron chi connectivity index (χ0n) is 36.2. The van der Waals surface area contributed by atoms with Gasteiger partial charge in [0, 0.05) is 46.6 Å². The number of pyridine rings is 4. The number of nitrogens with two attached hydrogens (primary N) is 1. The molecule has 0 fully saturated rings. The molecule has 8 aromatic heterocycles. The predicted octanol–water partition coefficient (Wildman–Crippen LogP) is 10.4. The van der Waals surface area contributed by atoms with Crippen LogP contribution in [0, 0.1) is 27.7 Å². The lowest BCUT2D eigenvalue weighted by molar-refractivity contribution is 0.112. The van der Waals surface area contributed by atoms with Crippen LogP contribution in [0.15, 0.2) is 59.6 Å². The standard InChI is InChI=1S/C22H26N6OS.C17H21N5O.C5H5NOS.CH4/c1-6-29-22-16(8-7-9-23-22)17-10-18(24-11-19-25-14(4)12-30-19)21-20(26-17)15(5)27-28(21)13(2)3;1-5-23-17-12(7-6-8-19-17)14-9-13(18)16-15(20-14)11(4)21-22(16)10(2)3;1-4-3-8-5(2-7)6-4;/h7-10,12-13H,6,11H2,1-5H3,(H,24,26);6-10H,5H2,1-4H3,(H2,18,20);2-3H,1H3;1H4. The number of ether oxygens (including phenoxy) is 2. The molecule has 8 heterocycles. The van der Waals surface area contributed by atoms with E-state index in [1.165, 1.54) is 11.3 Å². The first-order valence-electron chi connectivity index (χ1n) is 20.1. The summed E-state index contributed by atoms with van der Waals surface area (Å²) in [6.07, 6.45) is 4.20. The lowest BCUT2D eigenvalue weighted by Gasteiger charge is -2.14. The molecule has 8 rings (SSSR count). The van der Waals surface area contributed by atoms with E-state index in [0.717, 1.165) is 84.3 Å². The number of rotatable bonds is 12. The molecule has 0 radical (unpaired) electrons. The molecule has 15 nitrogen and oxygen atoms in total. The molecule has 0 aliphatic heterocycles. The molecular formula is C45H56N12O3S2. The molecular weight excluding hydrogens is 821 g/mol. The maximum atomic E-state index is 9.97. The minimum Gasteiger partial charge on any atom is -0.477 e. The highest BCUT2D eigenvalue weighted by molar-refractivity contribution is 7.11. The van der Waals surface area contributed by atoms with Gasteiger partial charge in [-0.1, -0.05) is 7.43 Å². The van der Waals surface area contributed by atoms with Gasteiger partial charge in [-0.15, -0.1) is 22.7 Å². The maximum Gasteiger partial charge on any atom is 0.222 e. The molecule has 62 heavy (non-hydrogen) atoms. The number of hydrogen-bond donors (Lipinski definition) is 2. The zero-order valence-corrected chi connectivity index (χ0v) is 37.9. The fourth-order valence-electron chi connectivity index (χ4n) is 6.51. The molecule has 0 unspecified atom stereocenters. The highest BCUT2D eigenvalue weighted by Gasteiger charge is 2.21. The van der Waals surface area contributed by atoms with Crippen LogP contribution in [0.3, 0.4) is 0 Å². The summed E-state index contributed by atoms with van der Waals surface area (Å²) < 4.78 is 15.3. The fraction of sp³-hybridized carbons (Fsp3) is 0.356. The lowest BCUT2D eigenvalue weighted by atomic mass is 10.1. The van der Waals surface area contributed by atoms with Gasteiger partial charge in [0.2, 0.25) is 11.8 Å². The Bertz CT molecular complexity index is 2750. The van der Waals surface area contributed by atoms with Crippen molar-refractivity contribution in [2.75, 3.05) is 24.3 Å². The Morgan fingerprint density at radius 3 is 1.73 bits per heavy atom. The van der Waals surface area contributed by atoms with Gasteiger partial charge in [0.15, 0.2) is 11.3 Å². The van der Waals surface area contributed by atoms with Crippen molar-refractivity contribution in [1.82, 2.24) is 49.5 Å². The first-order valence-corrected chi connectivity index (χ1v) is 21.8. The molecule has 0 aromatic carbocycles. The van der Waals surface area contributed by atoms with Crippen molar-refractivity contribution in [2.45, 2.75) is 95.3 Å². The Morgan fingerprint density at radius 2 is 1.26 bits per heavy atom. The third-order valence-corrected chi connectivity index (χ3v) is 11.0. The van der Waals surface area contributed by atoms with Crippen molar-refractivity contribution in [3.8, 4) is 34.3 Å². The molecule has 0 bridgehead atoms. The second kappa shape index (κ2) is 21.0. The van der Waals surface area contributed by atoms with E-state index in [9.17, 15) is 4.79 Å². The Morgan fingerprint density at radius 1 is 0.742 bits per heavy atom. The summed E-state index contributed by atoms with van der Waals surface area (Å²) in [7, 11) is 0. The van der Waals surface area contributed by atoms with Crippen LogP contribution in [0.5, 0.6) is 11.8 Å². The van der Waals surface area contributed by atoms with Gasteiger partial charge >= 0.3 is 0 Å². The van der Waals surface area contributed by atoms with E-state index in [0.29, 0.717) is 42.2 Å². The third kappa shape index (κ3) is 10.6. The first kappa shape index (κ1) is 46.7. The van der Waals surface area contributed by atoms with E-state index >= 15 is 0 Å². The first-order chi connectivity index (χ1) is 29.3. The van der Waals surface area contributed by atoms with Gasteiger partial charge in [-0.25, -0.2) is 29.9 Å². The highest BCUT2D eigenvalue weighted by Crippen LogP contribution is 2.36. The minimum absolute atomic E-state index is 0. The van der Waals surface area contributed by atoms with Crippen LogP contribution in [0.1, 0.15) is 98.6 Å². The second-order valence-electron chi connectivity index (χ2n) is 14.6. The van der Waals surface area contributed by atoms with Gasteiger partial charge in [-0.2, -0.15) is 10.2 Å². The molecule has 0 atom stereocenters. The Balaban J connectivity index is 0.000000200. The van der Waals surface area contributed by atoms with Crippen molar-refractivity contribution in [3.05, 3.63) is 92.3 Å². The lowest BCUT2D eigenvalue weighted by Crippen LogP contribution is -2.07. The van der Waals surface area contributed by atoms with Crippen LogP contribution in [-0.4, -0.2) is 69.0 Å². The van der Waals surface area contributed by atoms with E-state index in [1.54, 1.807) is 23.7 Å². The van der Waals surface area contributed by atoms with Crippen LogP contribution in [-0.2, 0) is 6.54 Å². The van der Waals surface area contributed by atoms with Gasteiger partial charge in [0.25, 0.3) is 0 Å². The Kier molecular flexibility index (Phi) is 15.8. The summed E-state index contributed by atoms with van der Waals surface area (Å²) in [5.41, 5.74) is 18.5. The van der Waals surface area contributed by atoms with E-state index in [1.807, 2.05) is 86.6 Å². The number of aryl methyl sites for hydroxylation is 4. The van der Waals surface area contributed by atoms with Crippen LogP contribution in [0.25, 0.3) is 44.6 Å². The normalized spacial score (nSPS) is 10.9. The Labute approximate surface area is 370 Å². The molecule has 0 spiro atoms. The molecule has 0 amide bonds. The zero-order chi connectivity index (χ0) is 43.8. The average molecular weight is 877 g/mol. The molecule has 0 saturated heterocycles. The number of hydrogen-bond acceptors (Lipinski definition) is 15. The van der Waals surface area contributed by atoms with Crippen LogP contribution >= 0.6 is 22.7 Å². The second-order valence-corrected chi connectivity index (χ2v) is 16.4. The van der Waals surface area contributed by atoms with Crippen LogP contribution in [0.2, 0.25) is 0 Å². The number of fused-ring (bicyclic) bond motifs is 2. The number of carbonyl (C=O) groups excluding carboxylic acids is 1. The van der Waals surface area contributed by atoms with E-state index in [4.69, 9.17) is 30.3 Å². The number of thiazole rings is 2. The SMILES string of the molecule is C.CCOc1ncccc1-c1cc(N)c2c(n1)c(C)nn2C(C)C.CCOc1ncccc1-c1cc(NCc2nc(C)cs2)c2c(n1)c(C)nn2C(C)C.Cc1csc(C=O)n1. The molecule has 0 aliphatic carbocycles. The number of anilines is 2. The van der Waals surface area contributed by atoms with E-state index in [2.05, 4.69) is 69.5 Å². The quantitative estimate of drug-likeness (QED) is 0.111. The number of carbonyl (C=O) groups is 1. The maximum absolute atomic E-state index is 9.97. The van der Waals surface area contributed by atoms with Crippen LogP contribution in [0.4, 0.5) is 11.4 Å². The van der Waals surface area contributed by atoms with Crippen LogP contribution < -0.4 is 20.5 Å². The number of nitrogens with zero attached hydrogens (tertiary/aromatic N) is 10. The summed E-state index contributed by atoms with van der Waals surface area (Å²) >= 11 is 3.03. The fourth-order valence-corrected chi connectivity index (χ4v) is 7.81. The number of aldehydes is 1. The largest absolute Gasteiger partial charge is 0.477 e. The van der Waals surface area contributed by atoms with Crippen molar-refractivity contribution in [1.29, 1.82) is 0 Å². The molecule has 0 saturated carbocycles. The summed E-state index contributed by atoms with van der Waals surface area (Å²) in [6.45, 7) is 21.9. The molecule has 3 N–H and O–H groups in total. The summed E-state index contributed by atoms with van der Waals surface area (Å²) in [6, 6.07) is 12.1. The van der Waals surface area contributed by atoms with Gasteiger partial charge in [0.05, 0.1) is 65.0 Å². The smallest absolute Gasteiger partial charge is 0.222 e. The summed E-state index contributed by atoms with van der Waals surface area (Å²) in [5.74, 6) is 1.15. The summed E-state index contributed by atoms with van der Waals surface area (Å²) in [5, 5.41) is 18.4. The van der Waals surface area contributed by atoms with E-state index < -0.39 is 0 Å². The number of nitrogens with one attached hydrogen (secondary N) is 1. The molecule has 0 aliphatic rings. The molecule has 8 aromatic rings. The predicted molar refractivity (Wildman–Crippen MR) is 252 cm³/mol. The Hall–Kier alpha value is -6.33. The third-order valence-electron chi connectivity index (χ3n) is 9.14. The number of nitrogen functional groups attached to an aromatic ring is 1. The van der Waals surface area contributed by atoms with Crippen molar-refractivity contribution >= 4 is 62.4 Å².